The Labute approximate surface area is 149 Å². The Morgan fingerprint density at radius 1 is 1.40 bits per heavy atom. The van der Waals surface area contributed by atoms with Crippen LogP contribution >= 0.6 is 0 Å². The summed E-state index contributed by atoms with van der Waals surface area (Å²) in [5.41, 5.74) is 4.31. The first kappa shape index (κ1) is 17.0. The summed E-state index contributed by atoms with van der Waals surface area (Å²) in [6.07, 6.45) is 8.60. The molecule has 2 aromatic rings. The van der Waals surface area contributed by atoms with E-state index in [1.165, 1.54) is 5.56 Å². The molecule has 0 fully saturated rings. The Balaban J connectivity index is 2.31. The number of allylic oxidation sites excluding steroid dienone is 4. The number of benzene rings is 1. The fourth-order valence-electron chi connectivity index (χ4n) is 3.27. The second-order valence-corrected chi connectivity index (χ2v) is 6.56. The lowest BCUT2D eigenvalue weighted by molar-refractivity contribution is -0.559. The largest absolute Gasteiger partial charge is 0.265 e. The van der Waals surface area contributed by atoms with E-state index in [2.05, 4.69) is 73.2 Å². The fourth-order valence-corrected chi connectivity index (χ4v) is 3.27. The molecule has 0 amide bonds. The van der Waals surface area contributed by atoms with Gasteiger partial charge >= 0.3 is 0 Å². The maximum atomic E-state index is 4.90. The third-order valence-electron chi connectivity index (χ3n) is 4.55. The standard InChI is InChI=1S/C22H24N3/c1-6-9-18(7-2)22-23-19-12-11-17(4)14-20(19)25(22)21-15-16(3)10-8-13-24(21)5/h6-7,9,11-14,16,21H,1-2,15H2,3-5H3/q+1. The van der Waals surface area contributed by atoms with Gasteiger partial charge in [0.05, 0.1) is 11.0 Å². The van der Waals surface area contributed by atoms with Crippen molar-refractivity contribution < 1.29 is 4.58 Å². The van der Waals surface area contributed by atoms with Crippen LogP contribution in [0.1, 0.15) is 30.9 Å². The van der Waals surface area contributed by atoms with Gasteiger partial charge in [0, 0.05) is 17.9 Å². The van der Waals surface area contributed by atoms with E-state index in [4.69, 9.17) is 4.98 Å². The lowest BCUT2D eigenvalue weighted by Crippen LogP contribution is -2.24. The van der Waals surface area contributed by atoms with Crippen LogP contribution in [0.2, 0.25) is 0 Å². The monoisotopic (exact) mass is 330 g/mol. The van der Waals surface area contributed by atoms with Crippen LogP contribution < -0.4 is 0 Å². The van der Waals surface area contributed by atoms with Gasteiger partial charge in [-0.1, -0.05) is 50.3 Å². The lowest BCUT2D eigenvalue weighted by atomic mass is 10.1. The summed E-state index contributed by atoms with van der Waals surface area (Å²) >= 11 is 0. The molecule has 0 saturated heterocycles. The van der Waals surface area contributed by atoms with E-state index in [-0.39, 0.29) is 6.17 Å². The summed E-state index contributed by atoms with van der Waals surface area (Å²) in [4.78, 5) is 4.90. The molecule has 2 heterocycles. The molecule has 0 radical (unpaired) electrons. The van der Waals surface area contributed by atoms with E-state index in [0.717, 1.165) is 28.9 Å². The molecule has 1 aliphatic heterocycles. The minimum Gasteiger partial charge on any atom is -0.265 e. The number of rotatable bonds is 4. The third-order valence-corrected chi connectivity index (χ3v) is 4.55. The summed E-state index contributed by atoms with van der Waals surface area (Å²) < 4.78 is 4.49. The Bertz CT molecular complexity index is 960. The van der Waals surface area contributed by atoms with Crippen LogP contribution in [-0.2, 0) is 0 Å². The van der Waals surface area contributed by atoms with Gasteiger partial charge in [-0.3, -0.25) is 4.57 Å². The molecule has 3 heteroatoms. The number of imidazole rings is 1. The van der Waals surface area contributed by atoms with Crippen LogP contribution in [0.3, 0.4) is 0 Å². The summed E-state index contributed by atoms with van der Waals surface area (Å²) in [6, 6.07) is 6.38. The number of hydrogen-bond donors (Lipinski definition) is 0. The van der Waals surface area contributed by atoms with Gasteiger partial charge in [0.2, 0.25) is 12.4 Å². The topological polar surface area (TPSA) is 20.8 Å². The average molecular weight is 330 g/mol. The van der Waals surface area contributed by atoms with Crippen molar-refractivity contribution in [1.29, 1.82) is 0 Å². The van der Waals surface area contributed by atoms with Crippen molar-refractivity contribution in [2.75, 3.05) is 7.05 Å². The molecule has 0 aliphatic carbocycles. The third kappa shape index (κ3) is 3.21. The highest BCUT2D eigenvalue weighted by Crippen LogP contribution is 2.30. The SMILES string of the molecule is C=CC=C(C=C)c1nc2ccc(C)cc2n1C1CC(C)C#CC=[N+]1C. The van der Waals surface area contributed by atoms with Gasteiger partial charge in [0.25, 0.3) is 0 Å². The van der Waals surface area contributed by atoms with Crippen LogP contribution in [0.15, 0.2) is 49.6 Å². The molecule has 1 aromatic heterocycles. The van der Waals surface area contributed by atoms with Gasteiger partial charge in [-0.05, 0) is 30.5 Å². The molecule has 0 spiro atoms. The van der Waals surface area contributed by atoms with Gasteiger partial charge < -0.3 is 0 Å². The molecule has 0 bridgehead atoms. The van der Waals surface area contributed by atoms with Crippen molar-refractivity contribution in [3.8, 4) is 11.8 Å². The van der Waals surface area contributed by atoms with Crippen molar-refractivity contribution in [3.63, 3.8) is 0 Å². The Morgan fingerprint density at radius 3 is 2.92 bits per heavy atom. The van der Waals surface area contributed by atoms with E-state index >= 15 is 0 Å². The predicted octanol–water partition coefficient (Wildman–Crippen LogP) is 4.36. The van der Waals surface area contributed by atoms with Gasteiger partial charge in [-0.25, -0.2) is 9.56 Å². The summed E-state index contributed by atoms with van der Waals surface area (Å²) in [5.74, 6) is 7.66. The van der Waals surface area contributed by atoms with E-state index in [1.54, 1.807) is 6.08 Å². The first-order chi connectivity index (χ1) is 12.0. The Hall–Kier alpha value is -2.86. The molecule has 3 rings (SSSR count). The highest BCUT2D eigenvalue weighted by molar-refractivity contribution is 5.83. The smallest absolute Gasteiger partial charge is 0.235 e. The van der Waals surface area contributed by atoms with Crippen molar-refractivity contribution in [2.45, 2.75) is 26.4 Å². The second kappa shape index (κ2) is 6.94. The second-order valence-electron chi connectivity index (χ2n) is 6.56. The zero-order valence-electron chi connectivity index (χ0n) is 15.2. The number of aryl methyl sites for hydroxylation is 1. The Kier molecular flexibility index (Phi) is 4.72. The zero-order chi connectivity index (χ0) is 18.0. The summed E-state index contributed by atoms with van der Waals surface area (Å²) in [6.45, 7) is 12.1. The van der Waals surface area contributed by atoms with Crippen LogP contribution in [0.5, 0.6) is 0 Å². The number of nitrogens with zero attached hydrogens (tertiary/aromatic N) is 3. The number of hydrogen-bond acceptors (Lipinski definition) is 1. The highest BCUT2D eigenvalue weighted by atomic mass is 15.2. The quantitative estimate of drug-likeness (QED) is 0.464. The van der Waals surface area contributed by atoms with Crippen molar-refractivity contribution in [3.05, 3.63) is 61.0 Å². The molecule has 0 saturated carbocycles. The minimum absolute atomic E-state index is 0.132. The van der Waals surface area contributed by atoms with Gasteiger partial charge in [-0.2, -0.15) is 0 Å². The molecule has 25 heavy (non-hydrogen) atoms. The van der Waals surface area contributed by atoms with Crippen LogP contribution in [0.25, 0.3) is 16.6 Å². The van der Waals surface area contributed by atoms with Crippen molar-refractivity contribution in [1.82, 2.24) is 9.55 Å². The van der Waals surface area contributed by atoms with Crippen molar-refractivity contribution in [2.24, 2.45) is 5.92 Å². The number of aromatic nitrogens is 2. The maximum Gasteiger partial charge on any atom is 0.235 e. The molecule has 3 nitrogen and oxygen atoms in total. The number of fused-ring (bicyclic) bond motifs is 1. The van der Waals surface area contributed by atoms with Crippen molar-refractivity contribution >= 4 is 22.8 Å². The molecular weight excluding hydrogens is 306 g/mol. The lowest BCUT2D eigenvalue weighted by Gasteiger charge is -2.19. The molecule has 1 aromatic carbocycles. The van der Waals surface area contributed by atoms with E-state index in [9.17, 15) is 0 Å². The van der Waals surface area contributed by atoms with Gasteiger partial charge in [0.15, 0.2) is 0 Å². The van der Waals surface area contributed by atoms with E-state index < -0.39 is 0 Å². The molecule has 1 aliphatic rings. The molecule has 126 valence electrons. The molecule has 0 N–H and O–H groups in total. The average Bonchev–Trinajstić information content (AvgIpc) is 2.86. The first-order valence-corrected chi connectivity index (χ1v) is 8.55. The molecular formula is C22H24N3+. The van der Waals surface area contributed by atoms with Crippen LogP contribution in [-0.4, -0.2) is 27.4 Å². The minimum atomic E-state index is 0.132. The summed E-state index contributed by atoms with van der Waals surface area (Å²) in [5, 5.41) is 0. The fraction of sp³-hybridized carbons (Fsp3) is 0.273. The van der Waals surface area contributed by atoms with Gasteiger partial charge in [0.1, 0.15) is 12.9 Å². The van der Waals surface area contributed by atoms with Crippen LogP contribution in [0.4, 0.5) is 0 Å². The van der Waals surface area contributed by atoms with Crippen LogP contribution in [0, 0.1) is 24.7 Å². The molecule has 2 atom stereocenters. The zero-order valence-corrected chi connectivity index (χ0v) is 15.2. The normalized spacial score (nSPS) is 20.4. The highest BCUT2D eigenvalue weighted by Gasteiger charge is 2.28. The van der Waals surface area contributed by atoms with E-state index in [0.29, 0.717) is 5.92 Å². The molecule has 2 unspecified atom stereocenters. The summed E-state index contributed by atoms with van der Waals surface area (Å²) in [7, 11) is 2.08. The Morgan fingerprint density at radius 2 is 2.20 bits per heavy atom. The van der Waals surface area contributed by atoms with Gasteiger partial charge in [-0.15, -0.1) is 0 Å². The predicted molar refractivity (Wildman–Crippen MR) is 106 cm³/mol. The maximum absolute atomic E-state index is 4.90. The first-order valence-electron chi connectivity index (χ1n) is 8.55. The van der Waals surface area contributed by atoms with E-state index in [1.807, 2.05) is 18.4 Å².